The van der Waals surface area contributed by atoms with Crippen molar-refractivity contribution in [3.8, 4) is 17.1 Å². The van der Waals surface area contributed by atoms with Gasteiger partial charge in [0.15, 0.2) is 5.82 Å². The third-order valence-corrected chi connectivity index (χ3v) is 5.20. The van der Waals surface area contributed by atoms with E-state index in [0.717, 1.165) is 42.0 Å². The molecule has 0 bridgehead atoms. The van der Waals surface area contributed by atoms with Gasteiger partial charge in [-0.05, 0) is 25.0 Å². The summed E-state index contributed by atoms with van der Waals surface area (Å²) in [7, 11) is 0. The summed E-state index contributed by atoms with van der Waals surface area (Å²) in [5, 5.41) is 11.4. The van der Waals surface area contributed by atoms with E-state index in [0.29, 0.717) is 23.6 Å². The molecule has 2 N–H and O–H groups in total. The fraction of sp³-hybridized carbons (Fsp3) is 0.200. The highest BCUT2D eigenvalue weighted by Gasteiger charge is 2.14. The van der Waals surface area contributed by atoms with Crippen LogP contribution in [-0.2, 0) is 6.42 Å². The highest BCUT2D eigenvalue weighted by atomic mass is 32.1. The number of nitrogens with one attached hydrogen (secondary N) is 2. The molecule has 1 aromatic carbocycles. The lowest BCUT2D eigenvalue weighted by atomic mass is 10.1. The normalized spacial score (nSPS) is 10.8. The Balaban J connectivity index is 1.43. The molecule has 4 aromatic rings. The maximum absolute atomic E-state index is 12.6. The summed E-state index contributed by atoms with van der Waals surface area (Å²) in [5.74, 6) is 1.07. The summed E-state index contributed by atoms with van der Waals surface area (Å²) in [6.45, 7) is 0.566. The minimum atomic E-state index is -0.160. The third-order valence-electron chi connectivity index (χ3n) is 4.47. The maximum atomic E-state index is 12.6. The Kier molecular flexibility index (Phi) is 6.04. The Morgan fingerprint density at radius 1 is 1.20 bits per heavy atom. The van der Waals surface area contributed by atoms with Gasteiger partial charge in [-0.25, -0.2) is 14.5 Å². The van der Waals surface area contributed by atoms with Crippen LogP contribution in [0.3, 0.4) is 0 Å². The summed E-state index contributed by atoms with van der Waals surface area (Å²) in [4.78, 5) is 37.1. The Labute approximate surface area is 175 Å². The standard InChI is InChI=1S/C20H19N7O2S/c28-19(23-7-2-1-6-17-24-13-25-26-17)15-5-3-4-14(10-15)16-12-30-20(29)27(16)18-11-21-8-9-22-18/h3-5,8-13H,1-2,6-7H2,(H,23,28)(H,24,25,26). The van der Waals surface area contributed by atoms with E-state index in [1.54, 1.807) is 36.1 Å². The summed E-state index contributed by atoms with van der Waals surface area (Å²) in [5.41, 5.74) is 1.97. The van der Waals surface area contributed by atoms with Crippen LogP contribution in [-0.4, -0.2) is 42.2 Å². The predicted octanol–water partition coefficient (Wildman–Crippen LogP) is 2.23. The zero-order chi connectivity index (χ0) is 20.8. The number of rotatable bonds is 8. The van der Waals surface area contributed by atoms with Crippen molar-refractivity contribution < 1.29 is 4.79 Å². The zero-order valence-corrected chi connectivity index (χ0v) is 16.8. The van der Waals surface area contributed by atoms with Gasteiger partial charge in [0.05, 0.1) is 11.9 Å². The molecule has 0 fully saturated rings. The van der Waals surface area contributed by atoms with Gasteiger partial charge in [0.25, 0.3) is 5.91 Å². The summed E-state index contributed by atoms with van der Waals surface area (Å²) >= 11 is 1.08. The van der Waals surface area contributed by atoms with Crippen molar-refractivity contribution >= 4 is 17.2 Å². The van der Waals surface area contributed by atoms with Crippen molar-refractivity contribution in [1.82, 2.24) is 35.0 Å². The Morgan fingerprint density at radius 2 is 2.13 bits per heavy atom. The van der Waals surface area contributed by atoms with E-state index in [9.17, 15) is 9.59 Å². The van der Waals surface area contributed by atoms with Crippen molar-refractivity contribution in [2.75, 3.05) is 6.54 Å². The third kappa shape index (κ3) is 4.49. The molecule has 1 amide bonds. The van der Waals surface area contributed by atoms with Crippen molar-refractivity contribution in [2.24, 2.45) is 0 Å². The molecule has 0 saturated heterocycles. The van der Waals surface area contributed by atoms with Crippen LogP contribution in [0, 0.1) is 0 Å². The van der Waals surface area contributed by atoms with Crippen LogP contribution in [0.15, 0.2) is 59.4 Å². The van der Waals surface area contributed by atoms with E-state index in [4.69, 9.17) is 0 Å². The smallest absolute Gasteiger partial charge is 0.313 e. The average Bonchev–Trinajstić information content (AvgIpc) is 3.44. The highest BCUT2D eigenvalue weighted by molar-refractivity contribution is 7.07. The first kappa shape index (κ1) is 19.6. The first-order chi connectivity index (χ1) is 14.7. The number of aromatic amines is 1. The molecule has 0 atom stereocenters. The number of hydrogen-bond donors (Lipinski definition) is 2. The summed E-state index contributed by atoms with van der Waals surface area (Å²) in [6, 6.07) is 7.19. The molecule has 152 valence electrons. The van der Waals surface area contributed by atoms with Crippen LogP contribution < -0.4 is 10.2 Å². The van der Waals surface area contributed by atoms with E-state index in [1.165, 1.54) is 17.0 Å². The molecular weight excluding hydrogens is 402 g/mol. The quantitative estimate of drug-likeness (QED) is 0.421. The van der Waals surface area contributed by atoms with Gasteiger partial charge in [-0.3, -0.25) is 19.7 Å². The monoisotopic (exact) mass is 421 g/mol. The minimum Gasteiger partial charge on any atom is -0.352 e. The van der Waals surface area contributed by atoms with Crippen LogP contribution >= 0.6 is 11.3 Å². The van der Waals surface area contributed by atoms with Crippen molar-refractivity contribution in [3.05, 3.63) is 75.6 Å². The SMILES string of the molecule is O=C(NCCCCc1nc[nH]n1)c1cccc(-c2csc(=O)n2-c2cnccn2)c1. The van der Waals surface area contributed by atoms with Gasteiger partial charge in [0, 0.05) is 41.9 Å². The molecule has 0 unspecified atom stereocenters. The Morgan fingerprint density at radius 3 is 2.93 bits per heavy atom. The Hall–Kier alpha value is -3.66. The lowest BCUT2D eigenvalue weighted by molar-refractivity contribution is 0.0953. The van der Waals surface area contributed by atoms with Crippen LogP contribution in [0.25, 0.3) is 17.1 Å². The topological polar surface area (TPSA) is 118 Å². The number of amides is 1. The lowest BCUT2D eigenvalue weighted by Crippen LogP contribution is -2.24. The predicted molar refractivity (Wildman–Crippen MR) is 113 cm³/mol. The number of carbonyl (C=O) groups is 1. The molecule has 0 aliphatic rings. The average molecular weight is 421 g/mol. The minimum absolute atomic E-state index is 0.154. The molecule has 0 saturated carbocycles. The number of aromatic nitrogens is 6. The number of carbonyl (C=O) groups excluding carboxylic acids is 1. The van der Waals surface area contributed by atoms with Gasteiger partial charge in [-0.15, -0.1) is 0 Å². The van der Waals surface area contributed by atoms with Crippen LogP contribution in [0.4, 0.5) is 0 Å². The van der Waals surface area contributed by atoms with Gasteiger partial charge >= 0.3 is 4.87 Å². The van der Waals surface area contributed by atoms with E-state index in [-0.39, 0.29) is 10.8 Å². The number of benzene rings is 1. The molecule has 3 aromatic heterocycles. The fourth-order valence-corrected chi connectivity index (χ4v) is 3.77. The second-order valence-electron chi connectivity index (χ2n) is 6.50. The number of nitrogens with zero attached hydrogens (tertiary/aromatic N) is 5. The first-order valence-corrected chi connectivity index (χ1v) is 10.3. The zero-order valence-electron chi connectivity index (χ0n) is 16.0. The van der Waals surface area contributed by atoms with Gasteiger partial charge in [-0.2, -0.15) is 5.10 Å². The first-order valence-electron chi connectivity index (χ1n) is 9.42. The summed E-state index contributed by atoms with van der Waals surface area (Å²) < 4.78 is 1.50. The molecule has 0 aliphatic heterocycles. The molecular formula is C20H19N7O2S. The Bertz CT molecular complexity index is 1170. The van der Waals surface area contributed by atoms with Gasteiger partial charge in [0.2, 0.25) is 0 Å². The second kappa shape index (κ2) is 9.23. The molecule has 0 radical (unpaired) electrons. The number of unbranched alkanes of at least 4 members (excludes halogenated alkanes) is 1. The van der Waals surface area contributed by atoms with Gasteiger partial charge < -0.3 is 5.32 Å². The molecule has 0 aliphatic carbocycles. The largest absolute Gasteiger partial charge is 0.352 e. The number of aryl methyl sites for hydroxylation is 1. The van der Waals surface area contributed by atoms with E-state index < -0.39 is 0 Å². The van der Waals surface area contributed by atoms with E-state index in [1.807, 2.05) is 6.07 Å². The number of hydrogen-bond acceptors (Lipinski definition) is 7. The highest BCUT2D eigenvalue weighted by Crippen LogP contribution is 2.23. The number of H-pyrrole nitrogens is 1. The summed E-state index contributed by atoms with van der Waals surface area (Å²) in [6.07, 6.45) is 8.67. The second-order valence-corrected chi connectivity index (χ2v) is 7.32. The molecule has 30 heavy (non-hydrogen) atoms. The van der Waals surface area contributed by atoms with E-state index >= 15 is 0 Å². The van der Waals surface area contributed by atoms with E-state index in [2.05, 4.69) is 30.5 Å². The van der Waals surface area contributed by atoms with Crippen molar-refractivity contribution in [2.45, 2.75) is 19.3 Å². The molecule has 3 heterocycles. The van der Waals surface area contributed by atoms with Crippen molar-refractivity contribution in [1.29, 1.82) is 0 Å². The fourth-order valence-electron chi connectivity index (χ4n) is 3.02. The van der Waals surface area contributed by atoms with Gasteiger partial charge in [-0.1, -0.05) is 23.5 Å². The van der Waals surface area contributed by atoms with Crippen LogP contribution in [0.2, 0.25) is 0 Å². The number of thiazole rings is 1. The van der Waals surface area contributed by atoms with Gasteiger partial charge in [0.1, 0.15) is 12.2 Å². The lowest BCUT2D eigenvalue weighted by Gasteiger charge is -2.09. The molecule has 0 spiro atoms. The maximum Gasteiger partial charge on any atom is 0.313 e. The van der Waals surface area contributed by atoms with Crippen LogP contribution in [0.1, 0.15) is 29.0 Å². The molecule has 10 heteroatoms. The molecule has 9 nitrogen and oxygen atoms in total. The van der Waals surface area contributed by atoms with Crippen molar-refractivity contribution in [3.63, 3.8) is 0 Å². The van der Waals surface area contributed by atoms with Crippen LogP contribution in [0.5, 0.6) is 0 Å². The molecule has 4 rings (SSSR count).